The Balaban J connectivity index is 1.34. The number of carbonyl (C=O) groups is 2. The second-order valence-electron chi connectivity index (χ2n) is 7.66. The largest absolute Gasteiger partial charge is 0.370 e. The number of urea groups is 1. The van der Waals surface area contributed by atoms with Crippen molar-refractivity contribution in [3.63, 3.8) is 0 Å². The molecule has 26 heavy (non-hydrogen) atoms. The van der Waals surface area contributed by atoms with Gasteiger partial charge in [-0.2, -0.15) is 0 Å². The number of benzene rings is 1. The smallest absolute Gasteiger partial charge is 0.322 e. The van der Waals surface area contributed by atoms with E-state index in [4.69, 9.17) is 4.74 Å². The van der Waals surface area contributed by atoms with Crippen LogP contribution in [0.15, 0.2) is 24.3 Å². The molecule has 1 aromatic carbocycles. The first-order chi connectivity index (χ1) is 12.6. The molecule has 140 valence electrons. The molecule has 2 heterocycles. The highest BCUT2D eigenvalue weighted by Gasteiger charge is 2.46. The molecule has 4 rings (SSSR count). The van der Waals surface area contributed by atoms with E-state index in [9.17, 15) is 9.59 Å². The van der Waals surface area contributed by atoms with Gasteiger partial charge in [0, 0.05) is 24.8 Å². The standard InChI is InChI=1S/C20H27N3O3/c1-2-13-6-8-15(9-7-13)22-20(25)23-11-16-10-17(18(12-23)26-16)19(24)21-14-4-3-5-14/h6-9,14,16-18H,2-5,10-12H2,1H3,(H,21,24)(H,22,25)/t16-,17-,18-/m0/s1. The van der Waals surface area contributed by atoms with Gasteiger partial charge in [-0.05, 0) is 49.8 Å². The Kier molecular flexibility index (Phi) is 4.85. The van der Waals surface area contributed by atoms with Gasteiger partial charge in [-0.1, -0.05) is 19.1 Å². The molecule has 3 amide bonds. The van der Waals surface area contributed by atoms with E-state index in [0.29, 0.717) is 25.6 Å². The number of morpholine rings is 1. The van der Waals surface area contributed by atoms with Gasteiger partial charge in [0.25, 0.3) is 0 Å². The van der Waals surface area contributed by atoms with Gasteiger partial charge in [0.15, 0.2) is 0 Å². The van der Waals surface area contributed by atoms with Crippen LogP contribution < -0.4 is 10.6 Å². The molecule has 6 nitrogen and oxygen atoms in total. The summed E-state index contributed by atoms with van der Waals surface area (Å²) in [6.07, 6.45) is 4.81. The molecule has 2 N–H and O–H groups in total. The lowest BCUT2D eigenvalue weighted by atomic mass is 9.91. The minimum Gasteiger partial charge on any atom is -0.370 e. The molecule has 1 saturated carbocycles. The number of likely N-dealkylation sites (tertiary alicyclic amines) is 1. The van der Waals surface area contributed by atoms with Crippen LogP contribution in [-0.4, -0.2) is 48.2 Å². The maximum Gasteiger partial charge on any atom is 0.322 e. The van der Waals surface area contributed by atoms with Crippen molar-refractivity contribution >= 4 is 17.6 Å². The Morgan fingerprint density at radius 1 is 1.19 bits per heavy atom. The van der Waals surface area contributed by atoms with Crippen molar-refractivity contribution in [1.29, 1.82) is 0 Å². The predicted octanol–water partition coefficient (Wildman–Crippen LogP) is 2.54. The molecular weight excluding hydrogens is 330 g/mol. The van der Waals surface area contributed by atoms with Crippen LogP contribution >= 0.6 is 0 Å². The summed E-state index contributed by atoms with van der Waals surface area (Å²) < 4.78 is 5.94. The third-order valence-electron chi connectivity index (χ3n) is 5.85. The molecule has 1 aliphatic carbocycles. The second kappa shape index (κ2) is 7.27. The van der Waals surface area contributed by atoms with Crippen molar-refractivity contribution in [1.82, 2.24) is 10.2 Å². The highest BCUT2D eigenvalue weighted by atomic mass is 16.5. The van der Waals surface area contributed by atoms with Crippen molar-refractivity contribution in [2.75, 3.05) is 18.4 Å². The zero-order valence-electron chi connectivity index (χ0n) is 15.2. The third-order valence-corrected chi connectivity index (χ3v) is 5.85. The molecular formula is C20H27N3O3. The van der Waals surface area contributed by atoms with E-state index in [1.54, 1.807) is 4.90 Å². The summed E-state index contributed by atoms with van der Waals surface area (Å²) >= 11 is 0. The lowest BCUT2D eigenvalue weighted by Crippen LogP contribution is -2.50. The molecule has 2 saturated heterocycles. The zero-order chi connectivity index (χ0) is 18.1. The van der Waals surface area contributed by atoms with E-state index in [2.05, 4.69) is 17.6 Å². The van der Waals surface area contributed by atoms with Gasteiger partial charge < -0.3 is 20.3 Å². The highest BCUT2D eigenvalue weighted by Crippen LogP contribution is 2.33. The maximum absolute atomic E-state index is 12.6. The van der Waals surface area contributed by atoms with Crippen molar-refractivity contribution in [2.45, 2.75) is 57.3 Å². The number of hydrogen-bond donors (Lipinski definition) is 2. The first-order valence-electron chi connectivity index (χ1n) is 9.73. The molecule has 0 aromatic heterocycles. The summed E-state index contributed by atoms with van der Waals surface area (Å²) in [4.78, 5) is 26.9. The molecule has 3 atom stereocenters. The first kappa shape index (κ1) is 17.3. The van der Waals surface area contributed by atoms with Gasteiger partial charge >= 0.3 is 6.03 Å². The molecule has 6 heteroatoms. The van der Waals surface area contributed by atoms with E-state index in [1.807, 2.05) is 24.3 Å². The number of aryl methyl sites for hydroxylation is 1. The van der Waals surface area contributed by atoms with Crippen molar-refractivity contribution in [2.24, 2.45) is 5.92 Å². The molecule has 0 unspecified atom stereocenters. The van der Waals surface area contributed by atoms with E-state index >= 15 is 0 Å². The molecule has 2 bridgehead atoms. The number of ether oxygens (including phenoxy) is 1. The van der Waals surface area contributed by atoms with E-state index < -0.39 is 0 Å². The van der Waals surface area contributed by atoms with Crippen molar-refractivity contribution < 1.29 is 14.3 Å². The first-order valence-corrected chi connectivity index (χ1v) is 9.73. The van der Waals surface area contributed by atoms with Crippen LogP contribution in [0.2, 0.25) is 0 Å². The maximum atomic E-state index is 12.6. The quantitative estimate of drug-likeness (QED) is 0.870. The lowest BCUT2D eigenvalue weighted by molar-refractivity contribution is -0.128. The van der Waals surface area contributed by atoms with Crippen LogP contribution in [0.3, 0.4) is 0 Å². The highest BCUT2D eigenvalue weighted by molar-refractivity contribution is 5.89. The van der Waals surface area contributed by atoms with Gasteiger partial charge in [0.1, 0.15) is 0 Å². The Bertz CT molecular complexity index is 671. The van der Waals surface area contributed by atoms with Crippen molar-refractivity contribution in [3.05, 3.63) is 29.8 Å². The number of fused-ring (bicyclic) bond motifs is 2. The molecule has 3 aliphatic rings. The number of anilines is 1. The van der Waals surface area contributed by atoms with Gasteiger partial charge in [-0.15, -0.1) is 0 Å². The minimum atomic E-state index is -0.193. The molecule has 3 fully saturated rings. The average Bonchev–Trinajstić information content (AvgIpc) is 2.92. The zero-order valence-corrected chi connectivity index (χ0v) is 15.2. The summed E-state index contributed by atoms with van der Waals surface area (Å²) in [5.74, 6) is -0.0400. The number of carbonyl (C=O) groups excluding carboxylic acids is 2. The van der Waals surface area contributed by atoms with Crippen LogP contribution in [-0.2, 0) is 16.0 Å². The van der Waals surface area contributed by atoms with Gasteiger partial charge in [0.2, 0.25) is 5.91 Å². The number of amides is 3. The SMILES string of the molecule is CCc1ccc(NC(=O)N2C[C@@H]3C[C@H](C(=O)NC4CCC4)[C@H](C2)O3)cc1. The second-order valence-corrected chi connectivity index (χ2v) is 7.66. The Morgan fingerprint density at radius 3 is 2.62 bits per heavy atom. The fourth-order valence-electron chi connectivity index (χ4n) is 3.99. The van der Waals surface area contributed by atoms with E-state index in [-0.39, 0.29) is 30.1 Å². The number of nitrogens with one attached hydrogen (secondary N) is 2. The molecule has 0 radical (unpaired) electrons. The number of hydrogen-bond acceptors (Lipinski definition) is 3. The van der Waals surface area contributed by atoms with Crippen LogP contribution in [0, 0.1) is 5.92 Å². The lowest BCUT2D eigenvalue weighted by Gasteiger charge is -2.33. The fourth-order valence-corrected chi connectivity index (χ4v) is 3.99. The summed E-state index contributed by atoms with van der Waals surface area (Å²) in [5.41, 5.74) is 2.04. The van der Waals surface area contributed by atoms with E-state index in [0.717, 1.165) is 24.9 Å². The minimum absolute atomic E-state index is 0.0425. The summed E-state index contributed by atoms with van der Waals surface area (Å²) in [7, 11) is 0. The fraction of sp³-hybridized carbons (Fsp3) is 0.600. The molecule has 2 aliphatic heterocycles. The molecule has 0 spiro atoms. The average molecular weight is 357 g/mol. The number of nitrogens with zero attached hydrogens (tertiary/aromatic N) is 1. The van der Waals surface area contributed by atoms with Crippen LogP contribution in [0.4, 0.5) is 10.5 Å². The Hall–Kier alpha value is -2.08. The third kappa shape index (κ3) is 3.56. The topological polar surface area (TPSA) is 70.7 Å². The van der Waals surface area contributed by atoms with Crippen LogP contribution in [0.25, 0.3) is 0 Å². The van der Waals surface area contributed by atoms with E-state index in [1.165, 1.54) is 12.0 Å². The van der Waals surface area contributed by atoms with Crippen LogP contribution in [0.1, 0.15) is 38.2 Å². The predicted molar refractivity (Wildman–Crippen MR) is 99.0 cm³/mol. The molecule has 1 aromatic rings. The summed E-state index contributed by atoms with van der Waals surface area (Å²) in [5, 5.41) is 6.08. The van der Waals surface area contributed by atoms with Crippen LogP contribution in [0.5, 0.6) is 0 Å². The summed E-state index contributed by atoms with van der Waals surface area (Å²) in [6, 6.07) is 8.14. The monoisotopic (exact) mass is 357 g/mol. The normalized spacial score (nSPS) is 27.7. The Labute approximate surface area is 154 Å². The summed E-state index contributed by atoms with van der Waals surface area (Å²) in [6.45, 7) is 3.12. The number of rotatable bonds is 4. The van der Waals surface area contributed by atoms with Gasteiger partial charge in [0.05, 0.1) is 18.1 Å². The van der Waals surface area contributed by atoms with Gasteiger partial charge in [-0.3, -0.25) is 4.79 Å². The Morgan fingerprint density at radius 2 is 1.96 bits per heavy atom. The van der Waals surface area contributed by atoms with Gasteiger partial charge in [-0.25, -0.2) is 4.79 Å². The van der Waals surface area contributed by atoms with Crippen molar-refractivity contribution in [3.8, 4) is 0 Å².